The van der Waals surface area contributed by atoms with Gasteiger partial charge in [0, 0.05) is 36.7 Å². The van der Waals surface area contributed by atoms with Crippen LogP contribution in [-0.2, 0) is 46.4 Å². The fourth-order valence-corrected chi connectivity index (χ4v) is 6.38. The van der Waals surface area contributed by atoms with Gasteiger partial charge < -0.3 is 30.2 Å². The van der Waals surface area contributed by atoms with E-state index in [0.29, 0.717) is 64.2 Å². The molecule has 0 radical (unpaired) electrons. The average Bonchev–Trinajstić information content (AvgIpc) is 3.54. The number of nitrogens with one attached hydrogen (secondary N) is 3. The number of Topliss-reactive ketones (excluding diaryl/α,β-unsaturated/α-hetero) is 2. The summed E-state index contributed by atoms with van der Waals surface area (Å²) in [6.07, 6.45) is 5.12. The predicted molar refractivity (Wildman–Crippen MR) is 164 cm³/mol. The number of hydrogen-bond acceptors (Lipinski definition) is 9. The van der Waals surface area contributed by atoms with E-state index in [1.165, 1.54) is 0 Å². The quantitative estimate of drug-likeness (QED) is 0.271. The Balaban J connectivity index is 1.29. The first-order chi connectivity index (χ1) is 21.1. The van der Waals surface area contributed by atoms with Gasteiger partial charge >= 0.3 is 0 Å². The third kappa shape index (κ3) is 8.46. The Labute approximate surface area is 259 Å². The van der Waals surface area contributed by atoms with Crippen molar-refractivity contribution in [1.82, 2.24) is 15.5 Å². The molecule has 3 N–H and O–H groups in total. The van der Waals surface area contributed by atoms with Crippen LogP contribution in [-0.4, -0.2) is 85.4 Å². The molecule has 1 unspecified atom stereocenters. The van der Waals surface area contributed by atoms with Gasteiger partial charge in [0.2, 0.25) is 11.8 Å². The Bertz CT molecular complexity index is 1250. The lowest BCUT2D eigenvalue weighted by Crippen LogP contribution is -2.50. The minimum Gasteiger partial charge on any atom is -0.475 e. The van der Waals surface area contributed by atoms with Gasteiger partial charge in [0.05, 0.1) is 38.4 Å². The Hall–Kier alpha value is -3.28. The maximum absolute atomic E-state index is 13.9. The minimum atomic E-state index is -0.864. The molecule has 4 aliphatic rings. The minimum absolute atomic E-state index is 0.0778. The summed E-state index contributed by atoms with van der Waals surface area (Å²) in [4.78, 5) is 55.5. The highest BCUT2D eigenvalue weighted by Gasteiger charge is 2.50. The molecule has 4 atom stereocenters. The molecule has 11 heteroatoms. The smallest absolute Gasteiger partial charge is 0.234 e. The molecular weight excluding hydrogens is 564 g/mol. The summed E-state index contributed by atoms with van der Waals surface area (Å²) in [6, 6.07) is 4.37. The van der Waals surface area contributed by atoms with Gasteiger partial charge in [0.15, 0.2) is 17.4 Å². The highest BCUT2D eigenvalue weighted by atomic mass is 16.6. The number of benzene rings is 1. The van der Waals surface area contributed by atoms with Gasteiger partial charge in [-0.3, -0.25) is 24.1 Å². The number of ether oxygens (including phenoxy) is 3. The van der Waals surface area contributed by atoms with Crippen molar-refractivity contribution >= 4 is 29.1 Å². The molecule has 1 saturated carbocycles. The Kier molecular flexibility index (Phi) is 10.4. The van der Waals surface area contributed by atoms with Crippen molar-refractivity contribution in [2.24, 2.45) is 11.8 Å². The zero-order valence-corrected chi connectivity index (χ0v) is 26.0. The average molecular weight is 611 g/mol. The van der Waals surface area contributed by atoms with Gasteiger partial charge in [-0.15, -0.1) is 0 Å². The molecule has 11 nitrogen and oxygen atoms in total. The lowest BCUT2D eigenvalue weighted by Gasteiger charge is -2.27. The van der Waals surface area contributed by atoms with Crippen molar-refractivity contribution in [2.45, 2.75) is 83.1 Å². The van der Waals surface area contributed by atoms with Crippen molar-refractivity contribution in [2.75, 3.05) is 44.8 Å². The zero-order chi connectivity index (χ0) is 31.3. The Morgan fingerprint density at radius 3 is 2.57 bits per heavy atom. The summed E-state index contributed by atoms with van der Waals surface area (Å²) < 4.78 is 16.3. The second-order valence-corrected chi connectivity index (χ2v) is 12.9. The van der Waals surface area contributed by atoms with Gasteiger partial charge in [-0.1, -0.05) is 37.8 Å². The third-order valence-electron chi connectivity index (χ3n) is 9.25. The van der Waals surface area contributed by atoms with Crippen LogP contribution in [0.3, 0.4) is 0 Å². The van der Waals surface area contributed by atoms with Crippen LogP contribution in [0.4, 0.5) is 5.69 Å². The second-order valence-electron chi connectivity index (χ2n) is 12.9. The van der Waals surface area contributed by atoms with E-state index in [4.69, 9.17) is 14.2 Å². The molecule has 0 bridgehead atoms. The van der Waals surface area contributed by atoms with Crippen LogP contribution >= 0.6 is 0 Å². The molecule has 44 heavy (non-hydrogen) atoms. The maximum atomic E-state index is 13.9. The fourth-order valence-electron chi connectivity index (χ4n) is 6.38. The molecule has 3 fully saturated rings. The van der Waals surface area contributed by atoms with E-state index >= 15 is 0 Å². The number of amides is 2. The SMILES string of the molecule is C=C1Nc2ccc(CC(CC(=O)[C@H](C)NC(=O)CN3CCOCC3)C(=O)N[C@@H](CC3CCCC3)C(=O)[C@@]3(C)CO3)cc2CO1. The number of epoxide rings is 1. The molecule has 2 amide bonds. The van der Waals surface area contributed by atoms with Gasteiger partial charge in [0.25, 0.3) is 0 Å². The van der Waals surface area contributed by atoms with Crippen molar-refractivity contribution in [3.8, 4) is 0 Å². The number of rotatable bonds is 14. The van der Waals surface area contributed by atoms with E-state index in [0.717, 1.165) is 42.5 Å². The lowest BCUT2D eigenvalue weighted by molar-refractivity contribution is -0.134. The van der Waals surface area contributed by atoms with Crippen LogP contribution in [0.5, 0.6) is 0 Å². The van der Waals surface area contributed by atoms with E-state index < -0.39 is 23.6 Å². The highest BCUT2D eigenvalue weighted by molar-refractivity contribution is 5.98. The normalized spacial score (nSPS) is 23.8. The molecule has 3 aliphatic heterocycles. The number of nitrogens with zero attached hydrogens (tertiary/aromatic N) is 1. The number of ketones is 2. The van der Waals surface area contributed by atoms with Gasteiger partial charge in [-0.05, 0) is 50.8 Å². The van der Waals surface area contributed by atoms with E-state index in [1.807, 2.05) is 23.1 Å². The fraction of sp³-hybridized carbons (Fsp3) is 0.636. The Morgan fingerprint density at radius 2 is 1.86 bits per heavy atom. The molecular formula is C33H46N4O7. The maximum Gasteiger partial charge on any atom is 0.234 e. The molecule has 240 valence electrons. The zero-order valence-electron chi connectivity index (χ0n) is 26.0. The standard InChI is InChI=1S/C33H46N4O7/c1-21(34-30(39)18-37-10-12-42-13-11-37)29(38)17-25(14-24-8-9-27-26(15-24)19-43-22(2)35-27)32(41)36-28(16-23-6-4-5-7-23)31(40)33(3)20-44-33/h8-9,15,21,23,25,28,35H,2,4-7,10-14,16-20H2,1,3H3,(H,34,39)(H,36,41)/t21-,25?,28-,33+/m0/s1. The van der Waals surface area contributed by atoms with Gasteiger partial charge in [-0.25, -0.2) is 0 Å². The number of anilines is 1. The summed E-state index contributed by atoms with van der Waals surface area (Å²) in [5, 5.41) is 8.95. The van der Waals surface area contributed by atoms with E-state index in [2.05, 4.69) is 22.5 Å². The predicted octanol–water partition coefficient (Wildman–Crippen LogP) is 2.48. The lowest BCUT2D eigenvalue weighted by atomic mass is 9.88. The van der Waals surface area contributed by atoms with Crippen molar-refractivity contribution in [1.29, 1.82) is 0 Å². The first kappa shape index (κ1) is 32.1. The van der Waals surface area contributed by atoms with E-state index in [-0.39, 0.29) is 36.3 Å². The van der Waals surface area contributed by atoms with Crippen LogP contribution in [0.2, 0.25) is 0 Å². The summed E-state index contributed by atoms with van der Waals surface area (Å²) in [7, 11) is 0. The number of morpholine rings is 1. The van der Waals surface area contributed by atoms with E-state index in [9.17, 15) is 19.2 Å². The summed E-state index contributed by atoms with van der Waals surface area (Å²) in [6.45, 7) is 10.6. The highest BCUT2D eigenvalue weighted by Crippen LogP contribution is 2.34. The first-order valence-electron chi connectivity index (χ1n) is 15.9. The van der Waals surface area contributed by atoms with Crippen LogP contribution in [0.1, 0.15) is 63.5 Å². The third-order valence-corrected chi connectivity index (χ3v) is 9.25. The number of carbonyl (C=O) groups excluding carboxylic acids is 4. The summed E-state index contributed by atoms with van der Waals surface area (Å²) in [5.41, 5.74) is 1.82. The van der Waals surface area contributed by atoms with Crippen LogP contribution in [0.15, 0.2) is 30.7 Å². The van der Waals surface area contributed by atoms with E-state index in [1.54, 1.807) is 13.8 Å². The van der Waals surface area contributed by atoms with Crippen molar-refractivity contribution in [3.63, 3.8) is 0 Å². The van der Waals surface area contributed by atoms with Crippen molar-refractivity contribution in [3.05, 3.63) is 41.8 Å². The largest absolute Gasteiger partial charge is 0.475 e. The molecule has 1 aromatic rings. The summed E-state index contributed by atoms with van der Waals surface area (Å²) in [5.74, 6) is -0.817. The molecule has 0 spiro atoms. The van der Waals surface area contributed by atoms with Crippen LogP contribution < -0.4 is 16.0 Å². The number of fused-ring (bicyclic) bond motifs is 1. The number of carbonyl (C=O) groups is 4. The molecule has 1 aromatic carbocycles. The number of hydrogen-bond donors (Lipinski definition) is 3. The molecule has 2 saturated heterocycles. The van der Waals surface area contributed by atoms with Gasteiger partial charge in [0.1, 0.15) is 12.2 Å². The van der Waals surface area contributed by atoms with Crippen LogP contribution in [0.25, 0.3) is 0 Å². The summed E-state index contributed by atoms with van der Waals surface area (Å²) >= 11 is 0. The topological polar surface area (TPSA) is 139 Å². The Morgan fingerprint density at radius 1 is 1.14 bits per heavy atom. The first-order valence-corrected chi connectivity index (χ1v) is 15.9. The van der Waals surface area contributed by atoms with Crippen LogP contribution in [0, 0.1) is 11.8 Å². The molecule has 0 aromatic heterocycles. The monoisotopic (exact) mass is 610 g/mol. The van der Waals surface area contributed by atoms with Crippen molar-refractivity contribution < 1.29 is 33.4 Å². The second kappa shape index (κ2) is 14.2. The molecule has 5 rings (SSSR count). The molecule has 3 heterocycles. The van der Waals surface area contributed by atoms with Gasteiger partial charge in [-0.2, -0.15) is 0 Å². The molecule has 1 aliphatic carbocycles.